The van der Waals surface area contributed by atoms with Crippen LogP contribution >= 0.6 is 0 Å². The highest BCUT2D eigenvalue weighted by molar-refractivity contribution is 6.13. The van der Waals surface area contributed by atoms with Crippen LogP contribution in [0.15, 0.2) is 247 Å². The molecule has 0 bridgehead atoms. The third-order valence-corrected chi connectivity index (χ3v) is 12.4. The smallest absolute Gasteiger partial charge is 0.159 e. The number of aromatic nitrogens is 1. The molecule has 0 atom stereocenters. The molecule has 0 radical (unpaired) electrons. The molecule has 0 saturated heterocycles. The Bertz CT molecular complexity index is 3510. The van der Waals surface area contributed by atoms with E-state index in [4.69, 9.17) is 4.42 Å². The number of benzene rings is 10. The zero-order valence-corrected chi connectivity index (χ0v) is 34.4. The largest absolute Gasteiger partial charge is 0.454 e. The van der Waals surface area contributed by atoms with Gasteiger partial charge in [0.05, 0.1) is 28.1 Å². The summed E-state index contributed by atoms with van der Waals surface area (Å²) in [7, 11) is 0. The van der Waals surface area contributed by atoms with Gasteiger partial charge in [-0.05, 0) is 94.0 Å². The lowest BCUT2D eigenvalue weighted by molar-refractivity contribution is 0.669. The summed E-state index contributed by atoms with van der Waals surface area (Å²) in [6, 6.07) is 87.1. The van der Waals surface area contributed by atoms with Gasteiger partial charge < -0.3 is 13.9 Å². The van der Waals surface area contributed by atoms with Crippen LogP contribution in [0.25, 0.3) is 93.9 Å². The van der Waals surface area contributed by atoms with Crippen LogP contribution in [-0.4, -0.2) is 4.57 Å². The molecule has 2 heterocycles. The number of hydrogen-bond acceptors (Lipinski definition) is 2. The van der Waals surface area contributed by atoms with E-state index in [2.05, 4.69) is 246 Å². The van der Waals surface area contributed by atoms with E-state index in [-0.39, 0.29) is 0 Å². The summed E-state index contributed by atoms with van der Waals surface area (Å²) < 4.78 is 9.22. The molecular weight excluding hydrogens is 765 g/mol. The Morgan fingerprint density at radius 3 is 1.44 bits per heavy atom. The molecule has 0 amide bonds. The van der Waals surface area contributed by atoms with Crippen molar-refractivity contribution in [2.24, 2.45) is 0 Å². The quantitative estimate of drug-likeness (QED) is 0.153. The van der Waals surface area contributed by atoms with Crippen LogP contribution in [0.2, 0.25) is 0 Å². The van der Waals surface area contributed by atoms with Crippen molar-refractivity contribution >= 4 is 60.8 Å². The molecule has 12 aromatic rings. The van der Waals surface area contributed by atoms with Gasteiger partial charge in [-0.1, -0.05) is 182 Å². The van der Waals surface area contributed by atoms with Crippen molar-refractivity contribution in [3.63, 3.8) is 0 Å². The van der Waals surface area contributed by atoms with Crippen LogP contribution in [-0.2, 0) is 0 Å². The molecule has 0 saturated carbocycles. The summed E-state index contributed by atoms with van der Waals surface area (Å²) in [6.07, 6.45) is 0. The first-order chi connectivity index (χ1) is 31.3. The van der Waals surface area contributed by atoms with Gasteiger partial charge in [0, 0.05) is 38.4 Å². The zero-order valence-electron chi connectivity index (χ0n) is 34.4. The van der Waals surface area contributed by atoms with E-state index in [0.717, 1.165) is 72.4 Å². The lowest BCUT2D eigenvalue weighted by Gasteiger charge is -2.28. The van der Waals surface area contributed by atoms with E-state index < -0.39 is 0 Å². The molecule has 63 heavy (non-hydrogen) atoms. The molecule has 0 N–H and O–H groups in total. The summed E-state index contributed by atoms with van der Waals surface area (Å²) in [5.74, 6) is 0. The van der Waals surface area contributed by atoms with E-state index in [1.165, 1.54) is 38.6 Å². The second-order valence-corrected chi connectivity index (χ2v) is 16.1. The minimum absolute atomic E-state index is 0.847. The fourth-order valence-electron chi connectivity index (χ4n) is 9.45. The minimum Gasteiger partial charge on any atom is -0.454 e. The van der Waals surface area contributed by atoms with E-state index in [9.17, 15) is 0 Å². The van der Waals surface area contributed by atoms with Gasteiger partial charge >= 0.3 is 0 Å². The van der Waals surface area contributed by atoms with Crippen molar-refractivity contribution in [1.29, 1.82) is 0 Å². The molecule has 0 spiro atoms. The van der Waals surface area contributed by atoms with Crippen LogP contribution < -0.4 is 4.90 Å². The van der Waals surface area contributed by atoms with Gasteiger partial charge in [-0.3, -0.25) is 0 Å². The summed E-state index contributed by atoms with van der Waals surface area (Å²) in [4.78, 5) is 2.37. The molecule has 0 fully saturated rings. The third kappa shape index (κ3) is 6.29. The normalized spacial score (nSPS) is 11.5. The van der Waals surface area contributed by atoms with Crippen LogP contribution in [0.4, 0.5) is 17.1 Å². The molecular formula is C60H40N2O. The number of anilines is 3. The highest BCUT2D eigenvalue weighted by atomic mass is 16.3. The van der Waals surface area contributed by atoms with E-state index >= 15 is 0 Å². The Balaban J connectivity index is 1.09. The van der Waals surface area contributed by atoms with Crippen LogP contribution in [0.5, 0.6) is 0 Å². The lowest BCUT2D eigenvalue weighted by atomic mass is 9.99. The molecule has 0 aliphatic carbocycles. The van der Waals surface area contributed by atoms with Crippen molar-refractivity contribution in [3.8, 4) is 50.2 Å². The van der Waals surface area contributed by atoms with Crippen LogP contribution in [0.3, 0.4) is 0 Å². The molecule has 0 aliphatic rings. The molecule has 2 aromatic heterocycles. The zero-order chi connectivity index (χ0) is 41.7. The minimum atomic E-state index is 0.847. The Hall–Kier alpha value is -8.40. The highest BCUT2D eigenvalue weighted by Gasteiger charge is 2.24. The van der Waals surface area contributed by atoms with Crippen molar-refractivity contribution in [2.45, 2.75) is 0 Å². The molecule has 3 heteroatoms. The Kier molecular flexibility index (Phi) is 8.83. The van der Waals surface area contributed by atoms with Crippen molar-refractivity contribution < 1.29 is 4.42 Å². The number of rotatable bonds is 8. The Morgan fingerprint density at radius 2 is 0.794 bits per heavy atom. The first-order valence-electron chi connectivity index (χ1n) is 21.5. The first-order valence-corrected chi connectivity index (χ1v) is 21.5. The summed E-state index contributed by atoms with van der Waals surface area (Å²) in [5.41, 5.74) is 17.5. The average Bonchev–Trinajstić information content (AvgIpc) is 3.91. The molecule has 12 rings (SSSR count). The van der Waals surface area contributed by atoms with Crippen molar-refractivity contribution in [2.75, 3.05) is 4.90 Å². The number of para-hydroxylation sites is 4. The van der Waals surface area contributed by atoms with Gasteiger partial charge in [0.25, 0.3) is 0 Å². The molecule has 296 valence electrons. The number of furan rings is 1. The summed E-state index contributed by atoms with van der Waals surface area (Å²) in [6.45, 7) is 0. The SMILES string of the molecule is c1ccc(-c2ccc(N(c3ccccc3-c3ccccc3-n3c4ccc(-c5ccccc5)cc4c4cc(-c5ccccc5)ccc43)c3cccc4c3oc3ccccc34)cc2)cc1. The van der Waals surface area contributed by atoms with Crippen molar-refractivity contribution in [3.05, 3.63) is 243 Å². The summed E-state index contributed by atoms with van der Waals surface area (Å²) in [5, 5.41) is 4.61. The maximum atomic E-state index is 6.76. The molecule has 10 aromatic carbocycles. The predicted molar refractivity (Wildman–Crippen MR) is 264 cm³/mol. The highest BCUT2D eigenvalue weighted by Crippen LogP contribution is 2.47. The maximum Gasteiger partial charge on any atom is 0.159 e. The average molecular weight is 805 g/mol. The fourth-order valence-corrected chi connectivity index (χ4v) is 9.45. The van der Waals surface area contributed by atoms with Crippen LogP contribution in [0, 0.1) is 0 Å². The monoisotopic (exact) mass is 804 g/mol. The first kappa shape index (κ1) is 36.5. The van der Waals surface area contributed by atoms with Gasteiger partial charge in [0.1, 0.15) is 5.58 Å². The van der Waals surface area contributed by atoms with Gasteiger partial charge in [0.15, 0.2) is 5.58 Å². The third-order valence-electron chi connectivity index (χ3n) is 12.4. The van der Waals surface area contributed by atoms with Crippen molar-refractivity contribution in [1.82, 2.24) is 4.57 Å². The van der Waals surface area contributed by atoms with E-state index in [1.807, 2.05) is 6.07 Å². The van der Waals surface area contributed by atoms with Gasteiger partial charge in [-0.2, -0.15) is 0 Å². The fraction of sp³-hybridized carbons (Fsp3) is 0. The molecule has 0 aliphatic heterocycles. The van der Waals surface area contributed by atoms with E-state index in [0.29, 0.717) is 0 Å². The second kappa shape index (κ2) is 15.3. The standard InChI is InChI=1S/C60H40N2O/c1-4-17-41(18-5-1)44-31-35-47(36-32-44)61(58-29-16-26-51-50-25-12-15-30-59(50)63-60(51)58)54-27-13-10-23-48(54)49-24-11-14-28-55(49)62-56-37-33-45(42-19-6-2-7-20-42)39-52(56)53-40-46(34-38-57(53)62)43-21-8-3-9-22-43/h1-40H. The topological polar surface area (TPSA) is 21.3 Å². The Morgan fingerprint density at radius 1 is 0.317 bits per heavy atom. The van der Waals surface area contributed by atoms with Crippen LogP contribution in [0.1, 0.15) is 0 Å². The van der Waals surface area contributed by atoms with Gasteiger partial charge in [0.2, 0.25) is 0 Å². The van der Waals surface area contributed by atoms with Gasteiger partial charge in [-0.15, -0.1) is 0 Å². The second-order valence-electron chi connectivity index (χ2n) is 16.1. The number of hydrogen-bond donors (Lipinski definition) is 0. The van der Waals surface area contributed by atoms with Gasteiger partial charge in [-0.25, -0.2) is 0 Å². The van der Waals surface area contributed by atoms with E-state index in [1.54, 1.807) is 0 Å². The molecule has 0 unspecified atom stereocenters. The Labute approximate surface area is 366 Å². The lowest BCUT2D eigenvalue weighted by Crippen LogP contribution is -2.12. The summed E-state index contributed by atoms with van der Waals surface area (Å²) >= 11 is 0. The predicted octanol–water partition coefficient (Wildman–Crippen LogP) is 16.8. The number of fused-ring (bicyclic) bond motifs is 6. The maximum absolute atomic E-state index is 6.76. The number of nitrogens with zero attached hydrogens (tertiary/aromatic N) is 2. The molecule has 3 nitrogen and oxygen atoms in total.